The average Bonchev–Trinajstić information content (AvgIpc) is 2.59. The molecule has 0 spiro atoms. The predicted octanol–water partition coefficient (Wildman–Crippen LogP) is 1.63. The smallest absolute Gasteiger partial charge is 0.328 e. The normalized spacial score (nSPS) is 26.8. The number of carboxylic acid groups (broad SMARTS) is 1. The van der Waals surface area contributed by atoms with Crippen LogP contribution in [0.4, 0.5) is 0 Å². The monoisotopic (exact) mass is 272 g/mol. The van der Waals surface area contributed by atoms with Crippen LogP contribution in [0, 0.1) is 0 Å². The molecular weight excluding hydrogens is 252 g/mol. The lowest BCUT2D eigenvalue weighted by Crippen LogP contribution is -2.34. The van der Waals surface area contributed by atoms with Crippen molar-refractivity contribution < 1.29 is 14.6 Å². The Hall–Kier alpha value is -1.17. The van der Waals surface area contributed by atoms with Gasteiger partial charge >= 0.3 is 5.97 Å². The summed E-state index contributed by atoms with van der Waals surface area (Å²) in [6, 6.07) is -0.732. The van der Waals surface area contributed by atoms with Crippen molar-refractivity contribution in [1.29, 1.82) is 0 Å². The van der Waals surface area contributed by atoms with Crippen LogP contribution in [0.25, 0.3) is 0 Å². The minimum absolute atomic E-state index is 0.298. The summed E-state index contributed by atoms with van der Waals surface area (Å²) in [6.45, 7) is 3.83. The lowest BCUT2D eigenvalue weighted by Gasteiger charge is -2.24. The van der Waals surface area contributed by atoms with Crippen molar-refractivity contribution >= 4 is 23.4 Å². The number of ether oxygens (including phenoxy) is 1. The number of rotatable bonds is 6. The number of thioether (sulfide) groups is 1. The van der Waals surface area contributed by atoms with Crippen molar-refractivity contribution in [2.24, 2.45) is 10.7 Å². The van der Waals surface area contributed by atoms with Gasteiger partial charge in [0.25, 0.3) is 0 Å². The Balaban J connectivity index is 2.93. The summed E-state index contributed by atoms with van der Waals surface area (Å²) in [7, 11) is 0. The van der Waals surface area contributed by atoms with Crippen molar-refractivity contribution in [3.05, 3.63) is 12.0 Å². The van der Waals surface area contributed by atoms with Gasteiger partial charge in [-0.2, -0.15) is 11.8 Å². The highest BCUT2D eigenvalue weighted by Crippen LogP contribution is 2.27. The van der Waals surface area contributed by atoms with Crippen LogP contribution < -0.4 is 5.73 Å². The summed E-state index contributed by atoms with van der Waals surface area (Å²) in [5.74, 6) is 0.150. The zero-order valence-electron chi connectivity index (χ0n) is 11.0. The van der Waals surface area contributed by atoms with Gasteiger partial charge in [-0.25, -0.2) is 4.79 Å². The number of carbonyl (C=O) groups is 1. The second-order valence-corrected chi connectivity index (χ2v) is 5.37. The van der Waals surface area contributed by atoms with Gasteiger partial charge in [0.1, 0.15) is 11.6 Å². The second-order valence-electron chi connectivity index (χ2n) is 4.38. The van der Waals surface area contributed by atoms with Crippen molar-refractivity contribution in [2.45, 2.75) is 38.3 Å². The minimum atomic E-state index is -0.908. The number of nitrogens with two attached hydrogens (primary N) is 1. The zero-order valence-corrected chi connectivity index (χ0v) is 11.8. The molecule has 102 valence electrons. The summed E-state index contributed by atoms with van der Waals surface area (Å²) in [5, 5.41) is 9.16. The molecule has 2 atom stereocenters. The SMILES string of the molecule is CCC1(C)OC(N)=CC1=N[C@@H](CCSC)C(=O)O. The van der Waals surface area contributed by atoms with E-state index in [1.807, 2.05) is 20.1 Å². The van der Waals surface area contributed by atoms with Crippen LogP contribution in [0.5, 0.6) is 0 Å². The van der Waals surface area contributed by atoms with Gasteiger partial charge in [0, 0.05) is 6.08 Å². The Kier molecular flexibility index (Phi) is 5.07. The molecule has 3 N–H and O–H groups in total. The maximum Gasteiger partial charge on any atom is 0.328 e. The summed E-state index contributed by atoms with van der Waals surface area (Å²) >= 11 is 1.61. The number of hydrogen-bond acceptors (Lipinski definition) is 5. The number of hydrogen-bond donors (Lipinski definition) is 2. The maximum atomic E-state index is 11.2. The Morgan fingerprint density at radius 3 is 2.89 bits per heavy atom. The molecule has 0 aromatic rings. The van der Waals surface area contributed by atoms with Gasteiger partial charge in [-0.15, -0.1) is 0 Å². The molecule has 0 fully saturated rings. The van der Waals surface area contributed by atoms with Gasteiger partial charge in [-0.3, -0.25) is 4.99 Å². The highest BCUT2D eigenvalue weighted by atomic mass is 32.2. The fourth-order valence-corrected chi connectivity index (χ4v) is 2.16. The van der Waals surface area contributed by atoms with Gasteiger partial charge < -0.3 is 15.6 Å². The molecule has 1 heterocycles. The zero-order chi connectivity index (χ0) is 13.8. The van der Waals surface area contributed by atoms with Crippen LogP contribution in [-0.4, -0.2) is 40.4 Å². The van der Waals surface area contributed by atoms with E-state index < -0.39 is 17.6 Å². The van der Waals surface area contributed by atoms with Crippen molar-refractivity contribution in [3.8, 4) is 0 Å². The lowest BCUT2D eigenvalue weighted by molar-refractivity contribution is -0.138. The molecule has 1 aliphatic heterocycles. The van der Waals surface area contributed by atoms with E-state index in [2.05, 4.69) is 4.99 Å². The summed E-state index contributed by atoms with van der Waals surface area (Å²) in [5.41, 5.74) is 5.66. The minimum Gasteiger partial charge on any atom is -0.480 e. The first-order valence-corrected chi connectivity index (χ1v) is 7.28. The first kappa shape index (κ1) is 14.9. The third kappa shape index (κ3) is 3.41. The van der Waals surface area contributed by atoms with Crippen LogP contribution in [-0.2, 0) is 9.53 Å². The Morgan fingerprint density at radius 2 is 2.39 bits per heavy atom. The summed E-state index contributed by atoms with van der Waals surface area (Å²) < 4.78 is 5.51. The van der Waals surface area contributed by atoms with E-state index in [1.54, 1.807) is 17.8 Å². The molecule has 1 rings (SSSR count). The van der Waals surface area contributed by atoms with Crippen molar-refractivity contribution in [3.63, 3.8) is 0 Å². The number of aliphatic carboxylic acids is 1. The third-order valence-corrected chi connectivity index (χ3v) is 3.66. The largest absolute Gasteiger partial charge is 0.480 e. The molecule has 0 saturated carbocycles. The van der Waals surface area contributed by atoms with E-state index in [-0.39, 0.29) is 0 Å². The molecule has 0 aromatic carbocycles. The fraction of sp³-hybridized carbons (Fsp3) is 0.667. The Bertz CT molecular complexity index is 382. The summed E-state index contributed by atoms with van der Waals surface area (Å²) in [6.07, 6.45) is 4.77. The highest BCUT2D eigenvalue weighted by molar-refractivity contribution is 7.98. The standard InChI is InChI=1S/C12H20N2O3S/c1-4-12(2)9(7-10(13)17-12)14-8(11(15)16)5-6-18-3/h7-8H,4-6,13H2,1-3H3,(H,15,16)/t8-,12?/m0/s1. The molecule has 6 heteroatoms. The molecular formula is C12H20N2O3S. The predicted molar refractivity (Wildman–Crippen MR) is 73.9 cm³/mol. The van der Waals surface area contributed by atoms with Crippen LogP contribution in [0.15, 0.2) is 17.0 Å². The van der Waals surface area contributed by atoms with E-state index in [0.717, 1.165) is 5.75 Å². The van der Waals surface area contributed by atoms with Gasteiger partial charge in [0.05, 0.1) is 5.71 Å². The average molecular weight is 272 g/mol. The van der Waals surface area contributed by atoms with Crippen molar-refractivity contribution in [1.82, 2.24) is 0 Å². The molecule has 0 radical (unpaired) electrons. The first-order valence-electron chi connectivity index (χ1n) is 5.89. The molecule has 0 saturated heterocycles. The van der Waals surface area contributed by atoms with Gasteiger partial charge in [0.2, 0.25) is 0 Å². The number of carboxylic acids is 1. The fourth-order valence-electron chi connectivity index (χ4n) is 1.70. The third-order valence-electron chi connectivity index (χ3n) is 3.01. The van der Waals surface area contributed by atoms with Crippen LogP contribution >= 0.6 is 11.8 Å². The van der Waals surface area contributed by atoms with E-state index in [4.69, 9.17) is 15.6 Å². The number of aliphatic imine (C=N–C) groups is 1. The number of nitrogens with zero attached hydrogens (tertiary/aromatic N) is 1. The topological polar surface area (TPSA) is 84.9 Å². The van der Waals surface area contributed by atoms with E-state index in [1.165, 1.54) is 0 Å². The molecule has 1 unspecified atom stereocenters. The molecule has 0 aromatic heterocycles. The van der Waals surface area contributed by atoms with E-state index in [0.29, 0.717) is 24.4 Å². The first-order chi connectivity index (χ1) is 8.42. The van der Waals surface area contributed by atoms with E-state index >= 15 is 0 Å². The highest BCUT2D eigenvalue weighted by Gasteiger charge is 2.36. The molecule has 18 heavy (non-hydrogen) atoms. The molecule has 0 aliphatic carbocycles. The molecule has 0 bridgehead atoms. The molecule has 0 amide bonds. The maximum absolute atomic E-state index is 11.2. The van der Waals surface area contributed by atoms with Crippen LogP contribution in [0.3, 0.4) is 0 Å². The quantitative estimate of drug-likeness (QED) is 0.767. The van der Waals surface area contributed by atoms with Crippen molar-refractivity contribution in [2.75, 3.05) is 12.0 Å². The van der Waals surface area contributed by atoms with Gasteiger partial charge in [-0.1, -0.05) is 6.92 Å². The Labute approximate surface area is 111 Å². The van der Waals surface area contributed by atoms with E-state index in [9.17, 15) is 4.79 Å². The lowest BCUT2D eigenvalue weighted by atomic mass is 9.97. The van der Waals surface area contributed by atoms with Gasteiger partial charge in [0.15, 0.2) is 5.88 Å². The second kappa shape index (κ2) is 6.13. The molecule has 1 aliphatic rings. The van der Waals surface area contributed by atoms with Crippen LogP contribution in [0.2, 0.25) is 0 Å². The van der Waals surface area contributed by atoms with Crippen LogP contribution in [0.1, 0.15) is 26.7 Å². The Morgan fingerprint density at radius 1 is 1.72 bits per heavy atom. The summed E-state index contributed by atoms with van der Waals surface area (Å²) in [4.78, 5) is 15.5. The van der Waals surface area contributed by atoms with Gasteiger partial charge in [-0.05, 0) is 31.8 Å². The molecule has 5 nitrogen and oxygen atoms in total.